The monoisotopic (exact) mass is 231 g/mol. The number of anilines is 1. The molecule has 2 heterocycles. The van der Waals surface area contributed by atoms with E-state index in [-0.39, 0.29) is 17.8 Å². The van der Waals surface area contributed by atoms with Crippen molar-refractivity contribution in [1.82, 2.24) is 20.3 Å². The molecule has 0 fully saturated rings. The number of aromatic amines is 1. The first-order valence-electron chi connectivity index (χ1n) is 5.19. The van der Waals surface area contributed by atoms with E-state index in [9.17, 15) is 4.79 Å². The molecule has 88 valence electrons. The van der Waals surface area contributed by atoms with E-state index in [1.165, 1.54) is 0 Å². The van der Waals surface area contributed by atoms with Gasteiger partial charge in [0, 0.05) is 18.6 Å². The molecule has 0 bridgehead atoms. The number of amides is 1. The Hall–Kier alpha value is -2.37. The van der Waals surface area contributed by atoms with Gasteiger partial charge in [0.05, 0.1) is 11.6 Å². The molecule has 0 spiro atoms. The summed E-state index contributed by atoms with van der Waals surface area (Å²) in [4.78, 5) is 22.8. The molecule has 0 saturated carbocycles. The quantitative estimate of drug-likeness (QED) is 0.730. The zero-order valence-electron chi connectivity index (χ0n) is 9.34. The Kier molecular flexibility index (Phi) is 3.04. The number of aromatic nitrogens is 3. The number of nitrogens with zero attached hydrogens (tertiary/aromatic N) is 2. The molecule has 0 aliphatic carbocycles. The van der Waals surface area contributed by atoms with E-state index in [4.69, 9.17) is 5.73 Å². The van der Waals surface area contributed by atoms with E-state index in [2.05, 4.69) is 20.3 Å². The molecule has 1 amide bonds. The van der Waals surface area contributed by atoms with Crippen molar-refractivity contribution >= 4 is 11.7 Å². The molecule has 0 saturated heterocycles. The number of nitrogen functional groups attached to an aromatic ring is 1. The van der Waals surface area contributed by atoms with Gasteiger partial charge in [0.15, 0.2) is 0 Å². The highest BCUT2D eigenvalue weighted by atomic mass is 16.1. The highest BCUT2D eigenvalue weighted by Crippen LogP contribution is 2.10. The molecule has 17 heavy (non-hydrogen) atoms. The summed E-state index contributed by atoms with van der Waals surface area (Å²) in [6.45, 7) is 1.84. The molecule has 0 radical (unpaired) electrons. The summed E-state index contributed by atoms with van der Waals surface area (Å²) in [7, 11) is 0. The van der Waals surface area contributed by atoms with Crippen molar-refractivity contribution in [3.8, 4) is 0 Å². The number of H-pyrrole nitrogens is 1. The van der Waals surface area contributed by atoms with Crippen LogP contribution in [0.25, 0.3) is 0 Å². The van der Waals surface area contributed by atoms with E-state index >= 15 is 0 Å². The van der Waals surface area contributed by atoms with Gasteiger partial charge in [0.1, 0.15) is 11.6 Å². The average molecular weight is 231 g/mol. The summed E-state index contributed by atoms with van der Waals surface area (Å²) >= 11 is 0. The second-order valence-corrected chi connectivity index (χ2v) is 3.61. The smallest absolute Gasteiger partial charge is 0.255 e. The first-order chi connectivity index (χ1) is 8.18. The summed E-state index contributed by atoms with van der Waals surface area (Å²) in [5, 5.41) is 2.79. The van der Waals surface area contributed by atoms with Crippen molar-refractivity contribution in [1.29, 1.82) is 0 Å². The van der Waals surface area contributed by atoms with Gasteiger partial charge in [-0.1, -0.05) is 0 Å². The van der Waals surface area contributed by atoms with Crippen LogP contribution in [0.5, 0.6) is 0 Å². The van der Waals surface area contributed by atoms with Crippen LogP contribution in [-0.4, -0.2) is 20.9 Å². The molecule has 1 unspecified atom stereocenters. The third-order valence-electron chi connectivity index (χ3n) is 2.36. The molecule has 0 aromatic carbocycles. The number of hydrogen-bond acceptors (Lipinski definition) is 4. The van der Waals surface area contributed by atoms with Crippen LogP contribution in [0, 0.1) is 0 Å². The lowest BCUT2D eigenvalue weighted by molar-refractivity contribution is 0.0939. The van der Waals surface area contributed by atoms with Crippen LogP contribution in [0.1, 0.15) is 29.1 Å². The predicted octanol–water partition coefficient (Wildman–Crippen LogP) is 0.878. The number of nitrogens with one attached hydrogen (secondary N) is 2. The van der Waals surface area contributed by atoms with Crippen molar-refractivity contribution < 1.29 is 4.79 Å². The minimum atomic E-state index is -0.264. The van der Waals surface area contributed by atoms with Gasteiger partial charge >= 0.3 is 0 Å². The molecular formula is C11H13N5O. The fourth-order valence-electron chi connectivity index (χ4n) is 1.47. The molecule has 6 nitrogen and oxygen atoms in total. The van der Waals surface area contributed by atoms with E-state index < -0.39 is 0 Å². The predicted molar refractivity (Wildman–Crippen MR) is 63.1 cm³/mol. The molecule has 2 rings (SSSR count). The van der Waals surface area contributed by atoms with Crippen molar-refractivity contribution in [3.63, 3.8) is 0 Å². The van der Waals surface area contributed by atoms with Crippen LogP contribution in [0.3, 0.4) is 0 Å². The van der Waals surface area contributed by atoms with E-state index in [0.29, 0.717) is 11.4 Å². The third kappa shape index (κ3) is 2.41. The van der Waals surface area contributed by atoms with Crippen LogP contribution in [0.4, 0.5) is 5.82 Å². The minimum absolute atomic E-state index is 0.211. The van der Waals surface area contributed by atoms with Gasteiger partial charge in [-0.05, 0) is 19.1 Å². The van der Waals surface area contributed by atoms with E-state index in [1.54, 1.807) is 30.7 Å². The van der Waals surface area contributed by atoms with Crippen LogP contribution < -0.4 is 11.1 Å². The number of nitrogens with two attached hydrogens (primary N) is 1. The molecule has 2 aromatic rings. The first-order valence-corrected chi connectivity index (χ1v) is 5.19. The van der Waals surface area contributed by atoms with Gasteiger partial charge in [0.25, 0.3) is 5.91 Å². The first kappa shape index (κ1) is 11.1. The lowest BCUT2D eigenvalue weighted by Gasteiger charge is -2.12. The SMILES string of the molecule is CC(NC(=O)c1cccnc1N)c1ncc[nH]1. The van der Waals surface area contributed by atoms with Crippen LogP contribution >= 0.6 is 0 Å². The number of hydrogen-bond donors (Lipinski definition) is 3. The number of carbonyl (C=O) groups is 1. The Labute approximate surface area is 98.3 Å². The van der Waals surface area contributed by atoms with Gasteiger partial charge in [-0.3, -0.25) is 4.79 Å². The molecule has 0 aliphatic heterocycles. The van der Waals surface area contributed by atoms with Crippen molar-refractivity contribution in [2.75, 3.05) is 5.73 Å². The lowest BCUT2D eigenvalue weighted by atomic mass is 10.2. The van der Waals surface area contributed by atoms with Gasteiger partial charge in [-0.15, -0.1) is 0 Å². The maximum absolute atomic E-state index is 11.9. The zero-order valence-corrected chi connectivity index (χ0v) is 9.34. The Balaban J connectivity index is 2.10. The van der Waals surface area contributed by atoms with Crippen molar-refractivity contribution in [2.45, 2.75) is 13.0 Å². The number of carbonyl (C=O) groups excluding carboxylic acids is 1. The molecule has 1 atom stereocenters. The van der Waals surface area contributed by atoms with Crippen molar-refractivity contribution in [3.05, 3.63) is 42.1 Å². The highest BCUT2D eigenvalue weighted by Gasteiger charge is 2.15. The Morgan fingerprint density at radius 3 is 2.94 bits per heavy atom. The number of pyridine rings is 1. The summed E-state index contributed by atoms with van der Waals surface area (Å²) in [5.41, 5.74) is 5.99. The average Bonchev–Trinajstić information content (AvgIpc) is 2.82. The van der Waals surface area contributed by atoms with Crippen molar-refractivity contribution in [2.24, 2.45) is 0 Å². The van der Waals surface area contributed by atoms with Gasteiger partial charge in [-0.2, -0.15) is 0 Å². The molecule has 6 heteroatoms. The fourth-order valence-corrected chi connectivity index (χ4v) is 1.47. The molecule has 0 aliphatic rings. The summed E-state index contributed by atoms with van der Waals surface area (Å²) in [6, 6.07) is 3.09. The topological polar surface area (TPSA) is 96.7 Å². The standard InChI is InChI=1S/C11H13N5O/c1-7(10-14-5-6-15-10)16-11(17)8-3-2-4-13-9(8)12/h2-7H,1H3,(H2,12,13)(H,14,15)(H,16,17). The second-order valence-electron chi connectivity index (χ2n) is 3.61. The Morgan fingerprint density at radius 1 is 1.47 bits per heavy atom. The Morgan fingerprint density at radius 2 is 2.29 bits per heavy atom. The molecule has 4 N–H and O–H groups in total. The summed E-state index contributed by atoms with van der Waals surface area (Å²) in [5.74, 6) is 0.650. The minimum Gasteiger partial charge on any atom is -0.383 e. The second kappa shape index (κ2) is 4.65. The van der Waals surface area contributed by atoms with E-state index in [0.717, 1.165) is 0 Å². The third-order valence-corrected chi connectivity index (χ3v) is 2.36. The van der Waals surface area contributed by atoms with Gasteiger partial charge in [-0.25, -0.2) is 9.97 Å². The van der Waals surface area contributed by atoms with Crippen LogP contribution in [-0.2, 0) is 0 Å². The van der Waals surface area contributed by atoms with Crippen LogP contribution in [0.15, 0.2) is 30.7 Å². The summed E-state index contributed by atoms with van der Waals surface area (Å²) < 4.78 is 0. The number of rotatable bonds is 3. The van der Waals surface area contributed by atoms with Gasteiger partial charge in [0.2, 0.25) is 0 Å². The Bertz CT molecular complexity index is 508. The van der Waals surface area contributed by atoms with E-state index in [1.807, 2.05) is 6.92 Å². The van der Waals surface area contributed by atoms with Crippen LogP contribution in [0.2, 0.25) is 0 Å². The lowest BCUT2D eigenvalue weighted by Crippen LogP contribution is -2.28. The maximum Gasteiger partial charge on any atom is 0.255 e. The molecular weight excluding hydrogens is 218 g/mol. The summed E-state index contributed by atoms with van der Waals surface area (Å²) in [6.07, 6.45) is 4.88. The maximum atomic E-state index is 11.9. The normalized spacial score (nSPS) is 12.1. The van der Waals surface area contributed by atoms with Gasteiger partial charge < -0.3 is 16.0 Å². The molecule has 2 aromatic heterocycles. The zero-order chi connectivity index (χ0) is 12.3. The number of imidazole rings is 1. The largest absolute Gasteiger partial charge is 0.383 e. The highest BCUT2D eigenvalue weighted by molar-refractivity contribution is 5.98. The fraction of sp³-hybridized carbons (Fsp3) is 0.182.